The molecule has 1 heterocycles. The number of hydrogen-bond acceptors (Lipinski definition) is 5. The third-order valence-corrected chi connectivity index (χ3v) is 2.45. The van der Waals surface area contributed by atoms with E-state index < -0.39 is 22.3 Å². The summed E-state index contributed by atoms with van der Waals surface area (Å²) in [6, 6.07) is 2.84. The van der Waals surface area contributed by atoms with E-state index in [1.165, 1.54) is 18.6 Å². The molecule has 8 heteroatoms. The van der Waals surface area contributed by atoms with Crippen LogP contribution in [0.4, 0.5) is 10.1 Å². The Morgan fingerprint density at radius 2 is 2.20 bits per heavy atom. The first kappa shape index (κ1) is 13.5. The van der Waals surface area contributed by atoms with Crippen molar-refractivity contribution in [2.24, 2.45) is 0 Å². The summed E-state index contributed by atoms with van der Waals surface area (Å²) in [4.78, 5) is 29.3. The lowest BCUT2D eigenvalue weighted by Crippen LogP contribution is -2.24. The number of rotatable bonds is 4. The second-order valence-corrected chi connectivity index (χ2v) is 3.80. The molecule has 1 aromatic carbocycles. The van der Waals surface area contributed by atoms with Crippen molar-refractivity contribution in [1.29, 1.82) is 0 Å². The highest BCUT2D eigenvalue weighted by molar-refractivity contribution is 5.94. The molecule has 0 fully saturated rings. The molecule has 1 aromatic heterocycles. The smallest absolute Gasteiger partial charge is 0.272 e. The molecule has 0 aliphatic rings. The molecule has 102 valence electrons. The Bertz CT molecular complexity index is 648. The summed E-state index contributed by atoms with van der Waals surface area (Å²) in [5.74, 6) is -1.63. The molecule has 0 saturated carbocycles. The molecule has 0 bridgehead atoms. The van der Waals surface area contributed by atoms with Gasteiger partial charge in [0.05, 0.1) is 35.0 Å². The number of amides is 1. The van der Waals surface area contributed by atoms with Crippen molar-refractivity contribution < 1.29 is 14.1 Å². The average molecular weight is 276 g/mol. The number of carbonyl (C=O) groups excluding carboxylic acids is 1. The number of nitrogens with one attached hydrogen (secondary N) is 1. The Labute approximate surface area is 112 Å². The highest BCUT2D eigenvalue weighted by Crippen LogP contribution is 2.16. The van der Waals surface area contributed by atoms with Gasteiger partial charge in [0, 0.05) is 18.5 Å². The molecule has 0 aliphatic carbocycles. The van der Waals surface area contributed by atoms with Crippen LogP contribution in [0.25, 0.3) is 0 Å². The van der Waals surface area contributed by atoms with Gasteiger partial charge in [-0.25, -0.2) is 4.39 Å². The number of nitrogens with zero attached hydrogens (tertiary/aromatic N) is 3. The van der Waals surface area contributed by atoms with E-state index in [2.05, 4.69) is 15.3 Å². The zero-order valence-electron chi connectivity index (χ0n) is 10.1. The zero-order chi connectivity index (χ0) is 14.5. The van der Waals surface area contributed by atoms with Crippen molar-refractivity contribution in [3.05, 3.63) is 64.0 Å². The van der Waals surface area contributed by atoms with Gasteiger partial charge in [-0.3, -0.25) is 24.9 Å². The third-order valence-electron chi connectivity index (χ3n) is 2.45. The number of nitro groups is 1. The van der Waals surface area contributed by atoms with Crippen LogP contribution in [-0.4, -0.2) is 20.8 Å². The van der Waals surface area contributed by atoms with Gasteiger partial charge in [-0.15, -0.1) is 0 Å². The molecule has 0 atom stereocenters. The maximum Gasteiger partial charge on any atom is 0.272 e. The van der Waals surface area contributed by atoms with Gasteiger partial charge < -0.3 is 5.32 Å². The number of carbonyl (C=O) groups is 1. The first-order valence-electron chi connectivity index (χ1n) is 5.55. The van der Waals surface area contributed by atoms with Gasteiger partial charge >= 0.3 is 0 Å². The Morgan fingerprint density at radius 3 is 2.80 bits per heavy atom. The summed E-state index contributed by atoms with van der Waals surface area (Å²) in [6.07, 6.45) is 4.42. The quantitative estimate of drug-likeness (QED) is 0.673. The summed E-state index contributed by atoms with van der Waals surface area (Å²) >= 11 is 0. The second-order valence-electron chi connectivity index (χ2n) is 3.80. The number of aromatic nitrogens is 2. The number of non-ortho nitro benzene ring substituents is 1. The highest BCUT2D eigenvalue weighted by Gasteiger charge is 2.15. The fourth-order valence-corrected chi connectivity index (χ4v) is 1.49. The van der Waals surface area contributed by atoms with E-state index in [-0.39, 0.29) is 12.1 Å². The van der Waals surface area contributed by atoms with Crippen LogP contribution in [0.5, 0.6) is 0 Å². The van der Waals surface area contributed by atoms with Gasteiger partial charge in [-0.1, -0.05) is 0 Å². The number of halogens is 1. The SMILES string of the molecule is O=C(NCc1cnccn1)c1ccc([N+](=O)[O-])cc1F. The number of benzene rings is 1. The van der Waals surface area contributed by atoms with E-state index in [0.717, 1.165) is 12.1 Å². The molecule has 2 rings (SSSR count). The minimum Gasteiger partial charge on any atom is -0.346 e. The van der Waals surface area contributed by atoms with E-state index in [4.69, 9.17) is 0 Å². The van der Waals surface area contributed by atoms with Crippen LogP contribution in [0, 0.1) is 15.9 Å². The lowest BCUT2D eigenvalue weighted by molar-refractivity contribution is -0.385. The Morgan fingerprint density at radius 1 is 1.40 bits per heavy atom. The Balaban J connectivity index is 2.08. The standard InChI is InChI=1S/C12H9FN4O3/c13-11-5-9(17(19)20)1-2-10(11)12(18)16-7-8-6-14-3-4-15-8/h1-6H,7H2,(H,16,18). The molecule has 0 unspecified atom stereocenters. The largest absolute Gasteiger partial charge is 0.346 e. The maximum atomic E-state index is 13.6. The van der Waals surface area contributed by atoms with Gasteiger partial charge in [0.25, 0.3) is 11.6 Å². The fraction of sp³-hybridized carbons (Fsp3) is 0.0833. The maximum absolute atomic E-state index is 13.6. The van der Waals surface area contributed by atoms with E-state index >= 15 is 0 Å². The van der Waals surface area contributed by atoms with Crippen molar-refractivity contribution in [1.82, 2.24) is 15.3 Å². The van der Waals surface area contributed by atoms with Crippen LogP contribution in [0.3, 0.4) is 0 Å². The van der Waals surface area contributed by atoms with Crippen molar-refractivity contribution in [2.45, 2.75) is 6.54 Å². The monoisotopic (exact) mass is 276 g/mol. The molecule has 0 saturated heterocycles. The molecular weight excluding hydrogens is 267 g/mol. The number of hydrogen-bond donors (Lipinski definition) is 1. The highest BCUT2D eigenvalue weighted by atomic mass is 19.1. The van der Waals surface area contributed by atoms with Crippen LogP contribution in [0.2, 0.25) is 0 Å². The van der Waals surface area contributed by atoms with Crippen LogP contribution >= 0.6 is 0 Å². The van der Waals surface area contributed by atoms with Crippen LogP contribution in [0.15, 0.2) is 36.8 Å². The second kappa shape index (κ2) is 5.83. The Hall–Kier alpha value is -2.90. The van der Waals surface area contributed by atoms with Crippen LogP contribution in [-0.2, 0) is 6.54 Å². The summed E-state index contributed by atoms with van der Waals surface area (Å²) in [5, 5.41) is 12.9. The Kier molecular flexibility index (Phi) is 3.94. The van der Waals surface area contributed by atoms with E-state index in [1.54, 1.807) is 0 Å². The van der Waals surface area contributed by atoms with E-state index in [1.807, 2.05) is 0 Å². The third kappa shape index (κ3) is 3.10. The van der Waals surface area contributed by atoms with E-state index in [9.17, 15) is 19.3 Å². The molecule has 0 spiro atoms. The zero-order valence-corrected chi connectivity index (χ0v) is 10.1. The molecule has 1 N–H and O–H groups in total. The van der Waals surface area contributed by atoms with Gasteiger partial charge in [0.1, 0.15) is 5.82 Å². The van der Waals surface area contributed by atoms with Crippen molar-refractivity contribution in [2.75, 3.05) is 0 Å². The molecule has 7 nitrogen and oxygen atoms in total. The van der Waals surface area contributed by atoms with Gasteiger partial charge in [0.15, 0.2) is 0 Å². The van der Waals surface area contributed by atoms with Gasteiger partial charge in [0.2, 0.25) is 0 Å². The summed E-state index contributed by atoms with van der Waals surface area (Å²) in [5.41, 5.74) is -0.157. The summed E-state index contributed by atoms with van der Waals surface area (Å²) in [7, 11) is 0. The summed E-state index contributed by atoms with van der Waals surface area (Å²) < 4.78 is 13.6. The van der Waals surface area contributed by atoms with E-state index in [0.29, 0.717) is 11.8 Å². The van der Waals surface area contributed by atoms with Crippen molar-refractivity contribution in [3.63, 3.8) is 0 Å². The van der Waals surface area contributed by atoms with Gasteiger partial charge in [-0.2, -0.15) is 0 Å². The minimum absolute atomic E-state index is 0.0864. The normalized spacial score (nSPS) is 10.1. The summed E-state index contributed by atoms with van der Waals surface area (Å²) in [6.45, 7) is 0.0864. The molecular formula is C12H9FN4O3. The van der Waals surface area contributed by atoms with Gasteiger partial charge in [-0.05, 0) is 6.07 Å². The average Bonchev–Trinajstić information content (AvgIpc) is 2.45. The molecule has 0 aliphatic heterocycles. The van der Waals surface area contributed by atoms with Crippen molar-refractivity contribution in [3.8, 4) is 0 Å². The van der Waals surface area contributed by atoms with Crippen LogP contribution in [0.1, 0.15) is 16.1 Å². The lowest BCUT2D eigenvalue weighted by atomic mass is 10.2. The topological polar surface area (TPSA) is 98.0 Å². The minimum atomic E-state index is -0.948. The lowest BCUT2D eigenvalue weighted by Gasteiger charge is -2.05. The molecule has 2 aromatic rings. The molecule has 0 radical (unpaired) electrons. The van der Waals surface area contributed by atoms with Crippen molar-refractivity contribution >= 4 is 11.6 Å². The first-order valence-corrected chi connectivity index (χ1v) is 5.55. The predicted octanol–water partition coefficient (Wildman–Crippen LogP) is 1.45. The predicted molar refractivity (Wildman–Crippen MR) is 66.3 cm³/mol. The van der Waals surface area contributed by atoms with Crippen LogP contribution < -0.4 is 5.32 Å². The fourth-order valence-electron chi connectivity index (χ4n) is 1.49. The first-order chi connectivity index (χ1) is 9.58. The molecule has 20 heavy (non-hydrogen) atoms. The molecule has 1 amide bonds. The number of nitro benzene ring substituents is 1.